The highest BCUT2D eigenvalue weighted by molar-refractivity contribution is 5.83. The lowest BCUT2D eigenvalue weighted by atomic mass is 9.60. The molecule has 1 atom stereocenters. The number of hydrogen-bond donors (Lipinski definition) is 1. The van der Waals surface area contributed by atoms with Crippen LogP contribution in [0.2, 0.25) is 0 Å². The third-order valence-corrected chi connectivity index (χ3v) is 4.61. The predicted molar refractivity (Wildman–Crippen MR) is 82.0 cm³/mol. The van der Waals surface area contributed by atoms with E-state index < -0.39 is 0 Å². The van der Waals surface area contributed by atoms with Gasteiger partial charge in [0, 0.05) is 18.3 Å². The maximum absolute atomic E-state index is 11.7. The van der Waals surface area contributed by atoms with Crippen LogP contribution < -0.4 is 0 Å². The minimum Gasteiger partial charge on any atom is -0.508 e. The van der Waals surface area contributed by atoms with Crippen molar-refractivity contribution in [2.45, 2.75) is 44.4 Å². The minimum atomic E-state index is 0.0508. The number of ketones is 1. The molecule has 106 valence electrons. The molecule has 1 unspecified atom stereocenters. The molecule has 0 aliphatic heterocycles. The monoisotopic (exact) mass is 270 g/mol. The number of Topliss-reactive ketones (excluding diaryl/α,β-unsaturated/α-hetero) is 1. The lowest BCUT2D eigenvalue weighted by Gasteiger charge is -2.43. The average molecular weight is 270 g/mol. The van der Waals surface area contributed by atoms with Crippen molar-refractivity contribution in [2.24, 2.45) is 0 Å². The summed E-state index contributed by atoms with van der Waals surface area (Å²) in [6.45, 7) is 8.20. The summed E-state index contributed by atoms with van der Waals surface area (Å²) in [7, 11) is 0. The van der Waals surface area contributed by atoms with E-state index in [1.54, 1.807) is 6.07 Å². The molecule has 2 aliphatic rings. The second kappa shape index (κ2) is 5.66. The number of allylic oxidation sites excluding steroid dienone is 2. The van der Waals surface area contributed by atoms with E-state index in [1.165, 1.54) is 16.7 Å². The van der Waals surface area contributed by atoms with Crippen LogP contribution in [0.15, 0.2) is 43.0 Å². The maximum atomic E-state index is 11.7. The van der Waals surface area contributed by atoms with E-state index in [9.17, 15) is 9.90 Å². The second-order valence-corrected chi connectivity index (χ2v) is 5.43. The molecular weight excluding hydrogens is 248 g/mol. The predicted octanol–water partition coefficient (Wildman–Crippen LogP) is 4.08. The fourth-order valence-electron chi connectivity index (χ4n) is 3.60. The molecule has 2 nitrogen and oxygen atoms in total. The quantitative estimate of drug-likeness (QED) is 0.781. The number of carbonyl (C=O) groups excluding carboxylic acids is 1. The highest BCUT2D eigenvalue weighted by Crippen LogP contribution is 2.49. The molecule has 2 heteroatoms. The van der Waals surface area contributed by atoms with Gasteiger partial charge in [-0.2, -0.15) is 0 Å². The molecule has 2 aliphatic carbocycles. The Morgan fingerprint density at radius 2 is 2.10 bits per heavy atom. The zero-order valence-electron chi connectivity index (χ0n) is 12.1. The van der Waals surface area contributed by atoms with Gasteiger partial charge in [-0.1, -0.05) is 24.6 Å². The van der Waals surface area contributed by atoms with Crippen LogP contribution in [0.1, 0.15) is 43.7 Å². The van der Waals surface area contributed by atoms with Crippen molar-refractivity contribution in [3.63, 3.8) is 0 Å². The number of aromatic hydroxyl groups is 1. The summed E-state index contributed by atoms with van der Waals surface area (Å²) in [5.74, 6) is 0.705. The largest absolute Gasteiger partial charge is 0.508 e. The first-order chi connectivity index (χ1) is 9.65. The van der Waals surface area contributed by atoms with E-state index >= 15 is 0 Å². The Morgan fingerprint density at radius 3 is 2.80 bits per heavy atom. The van der Waals surface area contributed by atoms with E-state index in [0.717, 1.165) is 19.3 Å². The molecule has 1 aromatic rings. The first kappa shape index (κ1) is 14.6. The molecule has 0 heterocycles. The molecule has 0 radical (unpaired) electrons. The van der Waals surface area contributed by atoms with E-state index in [4.69, 9.17) is 0 Å². The molecule has 0 spiro atoms. The number of benzene rings is 1. The SMILES string of the molecule is C=C.CCC12CCC(=O)CC1=CCc1cc(O)ccc12. The molecule has 3 rings (SSSR count). The van der Waals surface area contributed by atoms with Gasteiger partial charge in [0.25, 0.3) is 0 Å². The van der Waals surface area contributed by atoms with E-state index in [0.29, 0.717) is 24.4 Å². The van der Waals surface area contributed by atoms with Crippen molar-refractivity contribution in [1.82, 2.24) is 0 Å². The number of carbonyl (C=O) groups is 1. The summed E-state index contributed by atoms with van der Waals surface area (Å²) in [6, 6.07) is 5.70. The number of fused-ring (bicyclic) bond motifs is 3. The van der Waals surface area contributed by atoms with Crippen molar-refractivity contribution < 1.29 is 9.90 Å². The molecular formula is C18H22O2. The zero-order chi connectivity index (χ0) is 14.8. The van der Waals surface area contributed by atoms with Gasteiger partial charge in [-0.05, 0) is 42.5 Å². The first-order valence-corrected chi connectivity index (χ1v) is 7.19. The average Bonchev–Trinajstić information content (AvgIpc) is 2.48. The van der Waals surface area contributed by atoms with Crippen LogP contribution in [0.4, 0.5) is 0 Å². The molecule has 0 saturated heterocycles. The van der Waals surface area contributed by atoms with E-state index in [2.05, 4.69) is 32.2 Å². The Labute approximate surface area is 120 Å². The number of phenolic OH excluding ortho intramolecular Hbond substituents is 1. The van der Waals surface area contributed by atoms with Crippen LogP contribution in [-0.4, -0.2) is 10.9 Å². The smallest absolute Gasteiger partial charge is 0.137 e. The Balaban J connectivity index is 0.000000704. The van der Waals surface area contributed by atoms with Gasteiger partial charge in [0.15, 0.2) is 0 Å². The zero-order valence-corrected chi connectivity index (χ0v) is 12.1. The fraction of sp³-hybridized carbons (Fsp3) is 0.389. The van der Waals surface area contributed by atoms with Gasteiger partial charge < -0.3 is 5.11 Å². The van der Waals surface area contributed by atoms with Gasteiger partial charge in [0.1, 0.15) is 11.5 Å². The van der Waals surface area contributed by atoms with Gasteiger partial charge in [-0.15, -0.1) is 13.2 Å². The molecule has 1 saturated carbocycles. The molecule has 0 bridgehead atoms. The molecule has 1 fully saturated rings. The standard InChI is InChI=1S/C16H18O2.C2H4/c1-2-16-8-7-14(18)10-12(16)4-3-11-9-13(17)5-6-15(11)16;1-2/h4-6,9,17H,2-3,7-8,10H2,1H3;1-2H2. The van der Waals surface area contributed by atoms with Crippen molar-refractivity contribution in [3.05, 3.63) is 54.1 Å². The Kier molecular flexibility index (Phi) is 4.12. The van der Waals surface area contributed by atoms with Gasteiger partial charge >= 0.3 is 0 Å². The number of phenols is 1. The molecule has 20 heavy (non-hydrogen) atoms. The van der Waals surface area contributed by atoms with Gasteiger partial charge in [0.05, 0.1) is 0 Å². The van der Waals surface area contributed by atoms with Gasteiger partial charge in [0.2, 0.25) is 0 Å². The third-order valence-electron chi connectivity index (χ3n) is 4.61. The van der Waals surface area contributed by atoms with Crippen LogP contribution in [0.5, 0.6) is 5.75 Å². The lowest BCUT2D eigenvalue weighted by molar-refractivity contribution is -0.119. The molecule has 0 aromatic heterocycles. The van der Waals surface area contributed by atoms with Crippen molar-refractivity contribution >= 4 is 5.78 Å². The topological polar surface area (TPSA) is 37.3 Å². The number of hydrogen-bond acceptors (Lipinski definition) is 2. The Hall–Kier alpha value is -1.83. The normalized spacial score (nSPS) is 23.9. The van der Waals surface area contributed by atoms with E-state index in [1.807, 2.05) is 6.07 Å². The van der Waals surface area contributed by atoms with E-state index in [-0.39, 0.29) is 5.41 Å². The molecule has 0 amide bonds. The van der Waals surface area contributed by atoms with Crippen LogP contribution in [-0.2, 0) is 16.6 Å². The van der Waals surface area contributed by atoms with Gasteiger partial charge in [-0.3, -0.25) is 4.79 Å². The summed E-state index contributed by atoms with van der Waals surface area (Å²) >= 11 is 0. The Bertz CT molecular complexity index is 557. The molecule has 1 N–H and O–H groups in total. The summed E-state index contributed by atoms with van der Waals surface area (Å²) in [4.78, 5) is 11.7. The highest BCUT2D eigenvalue weighted by Gasteiger charge is 2.41. The van der Waals surface area contributed by atoms with Crippen molar-refractivity contribution in [3.8, 4) is 5.75 Å². The first-order valence-electron chi connectivity index (χ1n) is 7.19. The van der Waals surface area contributed by atoms with Crippen LogP contribution in [0.25, 0.3) is 0 Å². The second-order valence-electron chi connectivity index (χ2n) is 5.43. The maximum Gasteiger partial charge on any atom is 0.137 e. The van der Waals surface area contributed by atoms with Crippen molar-refractivity contribution in [1.29, 1.82) is 0 Å². The summed E-state index contributed by atoms with van der Waals surface area (Å²) < 4.78 is 0. The highest BCUT2D eigenvalue weighted by atomic mass is 16.3. The van der Waals surface area contributed by atoms with Crippen LogP contribution in [0.3, 0.4) is 0 Å². The summed E-state index contributed by atoms with van der Waals surface area (Å²) in [5.41, 5.74) is 3.90. The fourth-order valence-corrected chi connectivity index (χ4v) is 3.60. The van der Waals surface area contributed by atoms with Crippen LogP contribution >= 0.6 is 0 Å². The van der Waals surface area contributed by atoms with Crippen LogP contribution in [0, 0.1) is 0 Å². The lowest BCUT2D eigenvalue weighted by Crippen LogP contribution is -2.36. The Morgan fingerprint density at radius 1 is 1.35 bits per heavy atom. The summed E-state index contributed by atoms with van der Waals surface area (Å²) in [6.07, 6.45) is 6.31. The number of rotatable bonds is 1. The van der Waals surface area contributed by atoms with Gasteiger partial charge in [-0.25, -0.2) is 0 Å². The summed E-state index contributed by atoms with van der Waals surface area (Å²) in [5, 5.41) is 9.61. The third kappa shape index (κ3) is 2.20. The van der Waals surface area contributed by atoms with Crippen molar-refractivity contribution in [2.75, 3.05) is 0 Å². The molecule has 1 aromatic carbocycles. The minimum absolute atomic E-state index is 0.0508.